The summed E-state index contributed by atoms with van der Waals surface area (Å²) in [6.07, 6.45) is -4.17. The molecular formula is C15H9F3OS. The second-order valence-corrected chi connectivity index (χ2v) is 5.60. The molecule has 0 radical (unpaired) electrons. The van der Waals surface area contributed by atoms with Crippen LogP contribution in [0.25, 0.3) is 0 Å². The maximum Gasteiger partial charge on any atom is 0.416 e. The van der Waals surface area contributed by atoms with Gasteiger partial charge in [0.05, 0.1) is 5.56 Å². The number of carbonyl (C=O) groups excluding carboxylic acids is 1. The molecule has 0 saturated heterocycles. The Balaban J connectivity index is 2.13. The number of benzene rings is 2. The Morgan fingerprint density at radius 1 is 1.00 bits per heavy atom. The maximum absolute atomic E-state index is 12.8. The first-order chi connectivity index (χ1) is 9.45. The summed E-state index contributed by atoms with van der Waals surface area (Å²) < 4.78 is 38.3. The molecule has 2 aromatic carbocycles. The zero-order chi connectivity index (χ0) is 14.3. The summed E-state index contributed by atoms with van der Waals surface area (Å²) in [5, 5.41) is 0. The summed E-state index contributed by atoms with van der Waals surface area (Å²) >= 11 is 1.22. The Morgan fingerprint density at radius 3 is 2.50 bits per heavy atom. The summed E-state index contributed by atoms with van der Waals surface area (Å²) in [6.45, 7) is 0. The standard InChI is InChI=1S/C15H9F3OS/c16-15(17,18)10-5-6-11-12(19)7-9-3-1-2-4-13(9)20-14(11)8-10/h1-6,8H,7H2. The van der Waals surface area contributed by atoms with E-state index in [1.165, 1.54) is 17.8 Å². The zero-order valence-electron chi connectivity index (χ0n) is 10.2. The first-order valence-corrected chi connectivity index (χ1v) is 6.77. The molecule has 0 atom stereocenters. The Kier molecular flexibility index (Phi) is 3.09. The van der Waals surface area contributed by atoms with E-state index in [0.717, 1.165) is 22.6 Å². The molecule has 3 rings (SSSR count). The highest BCUT2D eigenvalue weighted by Crippen LogP contribution is 2.40. The lowest BCUT2D eigenvalue weighted by Crippen LogP contribution is -2.08. The minimum absolute atomic E-state index is 0.147. The van der Waals surface area contributed by atoms with E-state index >= 15 is 0 Å². The van der Waals surface area contributed by atoms with E-state index < -0.39 is 11.7 Å². The van der Waals surface area contributed by atoms with Gasteiger partial charge in [-0.3, -0.25) is 4.79 Å². The van der Waals surface area contributed by atoms with Gasteiger partial charge in [0, 0.05) is 21.8 Å². The van der Waals surface area contributed by atoms with Crippen molar-refractivity contribution in [2.45, 2.75) is 22.4 Å². The van der Waals surface area contributed by atoms with Crippen LogP contribution in [-0.4, -0.2) is 5.78 Å². The van der Waals surface area contributed by atoms with Gasteiger partial charge >= 0.3 is 6.18 Å². The summed E-state index contributed by atoms with van der Waals surface area (Å²) in [7, 11) is 0. The van der Waals surface area contributed by atoms with Crippen LogP contribution in [0.2, 0.25) is 0 Å². The van der Waals surface area contributed by atoms with Gasteiger partial charge in [-0.15, -0.1) is 0 Å². The van der Waals surface area contributed by atoms with Gasteiger partial charge in [0.15, 0.2) is 5.78 Å². The normalized spacial score (nSPS) is 14.4. The predicted octanol–water partition coefficient (Wildman–Crippen LogP) is 4.60. The number of hydrogen-bond donors (Lipinski definition) is 0. The molecule has 102 valence electrons. The van der Waals surface area contributed by atoms with Crippen molar-refractivity contribution in [1.82, 2.24) is 0 Å². The fraction of sp³-hybridized carbons (Fsp3) is 0.133. The number of fused-ring (bicyclic) bond motifs is 2. The first-order valence-electron chi connectivity index (χ1n) is 5.95. The summed E-state index contributed by atoms with van der Waals surface area (Å²) in [6, 6.07) is 10.6. The molecule has 0 N–H and O–H groups in total. The number of alkyl halides is 3. The van der Waals surface area contributed by atoms with E-state index in [-0.39, 0.29) is 12.2 Å². The van der Waals surface area contributed by atoms with E-state index in [4.69, 9.17) is 0 Å². The number of rotatable bonds is 0. The molecule has 20 heavy (non-hydrogen) atoms. The van der Waals surface area contributed by atoms with Crippen molar-refractivity contribution in [3.8, 4) is 0 Å². The van der Waals surface area contributed by atoms with E-state index in [0.29, 0.717) is 10.5 Å². The minimum Gasteiger partial charge on any atom is -0.294 e. The van der Waals surface area contributed by atoms with Gasteiger partial charge in [0.2, 0.25) is 0 Å². The number of hydrogen-bond acceptors (Lipinski definition) is 2. The van der Waals surface area contributed by atoms with Crippen molar-refractivity contribution < 1.29 is 18.0 Å². The van der Waals surface area contributed by atoms with E-state index in [1.807, 2.05) is 24.3 Å². The smallest absolute Gasteiger partial charge is 0.294 e. The quantitative estimate of drug-likeness (QED) is 0.706. The van der Waals surface area contributed by atoms with Crippen LogP contribution in [0, 0.1) is 0 Å². The number of Topliss-reactive ketones (excluding diaryl/α,β-unsaturated/α-hetero) is 1. The topological polar surface area (TPSA) is 17.1 Å². The molecule has 0 fully saturated rings. The van der Waals surface area contributed by atoms with Gasteiger partial charge in [-0.25, -0.2) is 0 Å². The van der Waals surface area contributed by atoms with Gasteiger partial charge in [0.1, 0.15) is 0 Å². The SMILES string of the molecule is O=C1Cc2ccccc2Sc2cc(C(F)(F)F)ccc21. The van der Waals surface area contributed by atoms with Crippen molar-refractivity contribution in [3.05, 3.63) is 59.2 Å². The largest absolute Gasteiger partial charge is 0.416 e. The molecule has 0 saturated carbocycles. The highest BCUT2D eigenvalue weighted by Gasteiger charge is 2.32. The van der Waals surface area contributed by atoms with Crippen molar-refractivity contribution in [2.75, 3.05) is 0 Å². The third kappa shape index (κ3) is 2.33. The van der Waals surface area contributed by atoms with Crippen molar-refractivity contribution in [2.24, 2.45) is 0 Å². The zero-order valence-corrected chi connectivity index (χ0v) is 11.0. The average Bonchev–Trinajstić information content (AvgIpc) is 2.53. The molecule has 1 heterocycles. The molecule has 1 nitrogen and oxygen atoms in total. The fourth-order valence-electron chi connectivity index (χ4n) is 2.15. The van der Waals surface area contributed by atoms with Crippen LogP contribution in [0.15, 0.2) is 52.3 Å². The van der Waals surface area contributed by atoms with Crippen LogP contribution in [0.5, 0.6) is 0 Å². The van der Waals surface area contributed by atoms with Crippen LogP contribution in [0.4, 0.5) is 13.2 Å². The second-order valence-electron chi connectivity index (χ2n) is 4.52. The number of carbonyl (C=O) groups is 1. The Morgan fingerprint density at radius 2 is 1.75 bits per heavy atom. The third-order valence-corrected chi connectivity index (χ3v) is 4.33. The van der Waals surface area contributed by atoms with Gasteiger partial charge in [-0.1, -0.05) is 30.0 Å². The van der Waals surface area contributed by atoms with Crippen molar-refractivity contribution in [1.29, 1.82) is 0 Å². The predicted molar refractivity (Wildman–Crippen MR) is 70.0 cm³/mol. The highest BCUT2D eigenvalue weighted by molar-refractivity contribution is 7.99. The van der Waals surface area contributed by atoms with Gasteiger partial charge in [-0.05, 0) is 29.8 Å². The molecule has 0 aromatic heterocycles. The highest BCUT2D eigenvalue weighted by atomic mass is 32.2. The Bertz CT molecular complexity index is 692. The summed E-state index contributed by atoms with van der Waals surface area (Å²) in [5.74, 6) is -0.147. The molecule has 1 aliphatic heterocycles. The Hall–Kier alpha value is -1.75. The van der Waals surface area contributed by atoms with Crippen LogP contribution in [0.1, 0.15) is 21.5 Å². The number of halogens is 3. The van der Waals surface area contributed by atoms with Gasteiger partial charge < -0.3 is 0 Å². The lowest BCUT2D eigenvalue weighted by molar-refractivity contribution is -0.137. The first kappa shape index (κ1) is 13.2. The molecule has 1 aliphatic rings. The molecule has 0 bridgehead atoms. The molecule has 0 unspecified atom stereocenters. The Labute approximate surface area is 117 Å². The van der Waals surface area contributed by atoms with E-state index in [1.54, 1.807) is 0 Å². The lowest BCUT2D eigenvalue weighted by Gasteiger charge is -2.10. The van der Waals surface area contributed by atoms with Crippen molar-refractivity contribution >= 4 is 17.5 Å². The van der Waals surface area contributed by atoms with Crippen LogP contribution in [0.3, 0.4) is 0 Å². The fourth-order valence-corrected chi connectivity index (χ4v) is 3.28. The van der Waals surface area contributed by atoms with Crippen LogP contribution < -0.4 is 0 Å². The molecule has 0 amide bonds. The molecule has 2 aromatic rings. The number of ketones is 1. The van der Waals surface area contributed by atoms with Crippen LogP contribution in [-0.2, 0) is 12.6 Å². The maximum atomic E-state index is 12.8. The average molecular weight is 294 g/mol. The lowest BCUT2D eigenvalue weighted by atomic mass is 10.0. The summed E-state index contributed by atoms with van der Waals surface area (Å²) in [5.41, 5.74) is 0.488. The monoisotopic (exact) mass is 294 g/mol. The van der Waals surface area contributed by atoms with Crippen molar-refractivity contribution in [3.63, 3.8) is 0 Å². The third-order valence-electron chi connectivity index (χ3n) is 3.15. The molecule has 5 heteroatoms. The van der Waals surface area contributed by atoms with Gasteiger partial charge in [0.25, 0.3) is 0 Å². The molecule has 0 aliphatic carbocycles. The minimum atomic E-state index is -4.40. The van der Waals surface area contributed by atoms with Crippen LogP contribution >= 0.6 is 11.8 Å². The second kappa shape index (κ2) is 4.66. The molecule has 0 spiro atoms. The summed E-state index contributed by atoms with van der Waals surface area (Å²) in [4.78, 5) is 13.3. The van der Waals surface area contributed by atoms with E-state index in [2.05, 4.69) is 0 Å². The van der Waals surface area contributed by atoms with Gasteiger partial charge in [-0.2, -0.15) is 13.2 Å². The molecular weight excluding hydrogens is 285 g/mol. The van der Waals surface area contributed by atoms with E-state index in [9.17, 15) is 18.0 Å².